The van der Waals surface area contributed by atoms with Crippen LogP contribution in [0.1, 0.15) is 5.56 Å². The Balaban J connectivity index is 2.85. The molecule has 0 saturated heterocycles. The Kier molecular flexibility index (Phi) is 3.12. The normalized spacial score (nSPS) is 9.23. The molecule has 68 valence electrons. The van der Waals surface area contributed by atoms with Crippen LogP contribution < -0.4 is 16.8 Å². The first-order valence-electron chi connectivity index (χ1n) is 4.01. The van der Waals surface area contributed by atoms with Crippen LogP contribution in [0, 0.1) is 11.3 Å². The van der Waals surface area contributed by atoms with E-state index in [0.717, 1.165) is 5.69 Å². The minimum absolute atomic E-state index is 0.538. The van der Waals surface area contributed by atoms with Crippen molar-refractivity contribution in [2.24, 2.45) is 5.73 Å². The number of hydrogen-bond acceptors (Lipinski definition) is 4. The van der Waals surface area contributed by atoms with Gasteiger partial charge in [0.1, 0.15) is 0 Å². The van der Waals surface area contributed by atoms with Crippen molar-refractivity contribution in [3.8, 4) is 6.07 Å². The summed E-state index contributed by atoms with van der Waals surface area (Å²) in [7, 11) is 0. The lowest BCUT2D eigenvalue weighted by Gasteiger charge is -2.07. The zero-order valence-electron chi connectivity index (χ0n) is 7.25. The van der Waals surface area contributed by atoms with E-state index in [1.807, 2.05) is 6.07 Å². The zero-order valence-corrected chi connectivity index (χ0v) is 7.25. The lowest BCUT2D eigenvalue weighted by Crippen LogP contribution is -2.14. The molecular weight excluding hydrogens is 164 g/mol. The zero-order chi connectivity index (χ0) is 9.68. The van der Waals surface area contributed by atoms with E-state index < -0.39 is 0 Å². The molecule has 0 unspecified atom stereocenters. The van der Waals surface area contributed by atoms with Crippen LogP contribution >= 0.6 is 0 Å². The number of benzene rings is 1. The molecule has 0 aliphatic rings. The maximum Gasteiger partial charge on any atom is 0.0992 e. The molecule has 0 saturated carbocycles. The van der Waals surface area contributed by atoms with Crippen molar-refractivity contribution in [2.75, 3.05) is 24.1 Å². The highest BCUT2D eigenvalue weighted by atomic mass is 14.9. The van der Waals surface area contributed by atoms with Crippen molar-refractivity contribution >= 4 is 11.4 Å². The molecule has 0 aliphatic heterocycles. The van der Waals surface area contributed by atoms with Gasteiger partial charge in [0.2, 0.25) is 0 Å². The standard InChI is InChI=1S/C9H12N4/c10-3-4-13-9-5-7(6-11)1-2-8(9)12/h1-2,5,13H,3-4,10,12H2. The van der Waals surface area contributed by atoms with E-state index in [0.29, 0.717) is 24.3 Å². The fraction of sp³-hybridized carbons (Fsp3) is 0.222. The highest BCUT2D eigenvalue weighted by Crippen LogP contribution is 2.18. The molecular formula is C9H12N4. The van der Waals surface area contributed by atoms with E-state index in [2.05, 4.69) is 5.32 Å². The number of nitriles is 1. The van der Waals surface area contributed by atoms with Gasteiger partial charge in [-0.25, -0.2) is 0 Å². The number of nitrogens with two attached hydrogens (primary N) is 2. The summed E-state index contributed by atoms with van der Waals surface area (Å²) in [6.45, 7) is 1.19. The Hall–Kier alpha value is -1.73. The molecule has 0 aromatic heterocycles. The van der Waals surface area contributed by atoms with E-state index in [9.17, 15) is 0 Å². The van der Waals surface area contributed by atoms with Crippen LogP contribution in [0.3, 0.4) is 0 Å². The Bertz CT molecular complexity index is 327. The first kappa shape index (κ1) is 9.36. The molecule has 0 amide bonds. The van der Waals surface area contributed by atoms with E-state index in [1.165, 1.54) is 0 Å². The van der Waals surface area contributed by atoms with Crippen molar-refractivity contribution in [2.45, 2.75) is 0 Å². The molecule has 4 nitrogen and oxygen atoms in total. The molecule has 5 N–H and O–H groups in total. The molecule has 4 heteroatoms. The van der Waals surface area contributed by atoms with Crippen LogP contribution in [0.25, 0.3) is 0 Å². The summed E-state index contributed by atoms with van der Waals surface area (Å²) in [5.74, 6) is 0. The molecule has 1 aromatic carbocycles. The maximum atomic E-state index is 8.64. The minimum atomic E-state index is 0.538. The number of rotatable bonds is 3. The van der Waals surface area contributed by atoms with Gasteiger partial charge in [0.05, 0.1) is 23.0 Å². The monoisotopic (exact) mass is 176 g/mol. The first-order chi connectivity index (χ1) is 6.27. The number of anilines is 2. The van der Waals surface area contributed by atoms with Gasteiger partial charge in [0.15, 0.2) is 0 Å². The van der Waals surface area contributed by atoms with E-state index in [4.69, 9.17) is 16.7 Å². The highest BCUT2D eigenvalue weighted by molar-refractivity contribution is 5.68. The molecule has 13 heavy (non-hydrogen) atoms. The van der Waals surface area contributed by atoms with Crippen molar-refractivity contribution in [3.05, 3.63) is 23.8 Å². The fourth-order valence-electron chi connectivity index (χ4n) is 0.986. The smallest absolute Gasteiger partial charge is 0.0992 e. The number of nitrogen functional groups attached to an aromatic ring is 1. The number of nitrogens with zero attached hydrogens (tertiary/aromatic N) is 1. The van der Waals surface area contributed by atoms with Gasteiger partial charge >= 0.3 is 0 Å². The maximum absolute atomic E-state index is 8.64. The average Bonchev–Trinajstić information content (AvgIpc) is 2.17. The van der Waals surface area contributed by atoms with Gasteiger partial charge in [-0.2, -0.15) is 5.26 Å². The minimum Gasteiger partial charge on any atom is -0.397 e. The first-order valence-corrected chi connectivity index (χ1v) is 4.01. The summed E-state index contributed by atoms with van der Waals surface area (Å²) in [4.78, 5) is 0. The number of hydrogen-bond donors (Lipinski definition) is 3. The predicted molar refractivity (Wildman–Crippen MR) is 53.1 cm³/mol. The van der Waals surface area contributed by atoms with Crippen LogP contribution in [0.5, 0.6) is 0 Å². The largest absolute Gasteiger partial charge is 0.397 e. The van der Waals surface area contributed by atoms with Crippen LogP contribution in [0.15, 0.2) is 18.2 Å². The molecule has 0 fully saturated rings. The molecule has 0 bridgehead atoms. The SMILES string of the molecule is N#Cc1ccc(N)c(NCCN)c1. The van der Waals surface area contributed by atoms with Crippen molar-refractivity contribution < 1.29 is 0 Å². The Morgan fingerprint density at radius 2 is 2.23 bits per heavy atom. The molecule has 0 atom stereocenters. The lowest BCUT2D eigenvalue weighted by molar-refractivity contribution is 1.02. The molecule has 0 radical (unpaired) electrons. The van der Waals surface area contributed by atoms with Gasteiger partial charge in [-0.15, -0.1) is 0 Å². The third-order valence-corrected chi connectivity index (χ3v) is 1.64. The summed E-state index contributed by atoms with van der Waals surface area (Å²) in [6, 6.07) is 7.15. The Labute approximate surface area is 77.1 Å². The second-order valence-corrected chi connectivity index (χ2v) is 2.63. The fourth-order valence-corrected chi connectivity index (χ4v) is 0.986. The van der Waals surface area contributed by atoms with Crippen LogP contribution in [-0.4, -0.2) is 13.1 Å². The van der Waals surface area contributed by atoms with Gasteiger partial charge in [0.25, 0.3) is 0 Å². The van der Waals surface area contributed by atoms with Crippen LogP contribution in [0.4, 0.5) is 11.4 Å². The van der Waals surface area contributed by atoms with Crippen LogP contribution in [0.2, 0.25) is 0 Å². The van der Waals surface area contributed by atoms with Gasteiger partial charge in [-0.3, -0.25) is 0 Å². The van der Waals surface area contributed by atoms with Gasteiger partial charge in [0, 0.05) is 13.1 Å². The summed E-state index contributed by atoms with van der Waals surface area (Å²) in [6.07, 6.45) is 0. The van der Waals surface area contributed by atoms with Gasteiger partial charge in [-0.1, -0.05) is 0 Å². The Morgan fingerprint density at radius 1 is 1.46 bits per heavy atom. The second-order valence-electron chi connectivity index (χ2n) is 2.63. The molecule has 1 aromatic rings. The van der Waals surface area contributed by atoms with E-state index in [-0.39, 0.29) is 0 Å². The summed E-state index contributed by atoms with van der Waals surface area (Å²) in [5, 5.41) is 11.7. The van der Waals surface area contributed by atoms with Crippen LogP contribution in [-0.2, 0) is 0 Å². The highest BCUT2D eigenvalue weighted by Gasteiger charge is 1.98. The number of nitrogens with one attached hydrogen (secondary N) is 1. The molecule has 0 heterocycles. The van der Waals surface area contributed by atoms with Gasteiger partial charge < -0.3 is 16.8 Å². The summed E-state index contributed by atoms with van der Waals surface area (Å²) >= 11 is 0. The van der Waals surface area contributed by atoms with Gasteiger partial charge in [-0.05, 0) is 18.2 Å². The third kappa shape index (κ3) is 2.36. The summed E-state index contributed by atoms with van der Waals surface area (Å²) < 4.78 is 0. The van der Waals surface area contributed by atoms with E-state index in [1.54, 1.807) is 18.2 Å². The quantitative estimate of drug-likeness (QED) is 0.585. The van der Waals surface area contributed by atoms with Crippen molar-refractivity contribution in [1.82, 2.24) is 0 Å². The molecule has 0 spiro atoms. The molecule has 0 aliphatic carbocycles. The Morgan fingerprint density at radius 3 is 2.85 bits per heavy atom. The van der Waals surface area contributed by atoms with Crippen molar-refractivity contribution in [3.63, 3.8) is 0 Å². The third-order valence-electron chi connectivity index (χ3n) is 1.64. The predicted octanol–water partition coefficient (Wildman–Crippen LogP) is 0.511. The summed E-state index contributed by atoms with van der Waals surface area (Å²) in [5.41, 5.74) is 13.0. The van der Waals surface area contributed by atoms with E-state index >= 15 is 0 Å². The van der Waals surface area contributed by atoms with Crippen molar-refractivity contribution in [1.29, 1.82) is 5.26 Å². The topological polar surface area (TPSA) is 87.9 Å². The molecule has 1 rings (SSSR count). The second kappa shape index (κ2) is 4.33. The lowest BCUT2D eigenvalue weighted by atomic mass is 10.2. The average molecular weight is 176 g/mol.